The van der Waals surface area contributed by atoms with Crippen molar-refractivity contribution in [3.8, 4) is 22.5 Å². The molecule has 8 heteroatoms. The first-order valence-corrected chi connectivity index (χ1v) is 12.4. The molecule has 0 amide bonds. The van der Waals surface area contributed by atoms with Crippen LogP contribution in [-0.4, -0.2) is 35.0 Å². The van der Waals surface area contributed by atoms with Crippen LogP contribution in [0, 0.1) is 5.92 Å². The van der Waals surface area contributed by atoms with Crippen LogP contribution in [0.4, 0.5) is 0 Å². The first-order chi connectivity index (χ1) is 17.2. The molecule has 1 aliphatic rings. The van der Waals surface area contributed by atoms with E-state index in [0.717, 1.165) is 34.6 Å². The number of rotatable bonds is 8. The molecule has 5 rings (SSSR count). The number of nitrogens with one attached hydrogen (secondary N) is 1. The van der Waals surface area contributed by atoms with Crippen LogP contribution < -0.4 is 5.69 Å². The Morgan fingerprint density at radius 2 is 1.80 bits per heavy atom. The van der Waals surface area contributed by atoms with Crippen LogP contribution in [-0.2, 0) is 19.5 Å². The van der Waals surface area contributed by atoms with Crippen molar-refractivity contribution in [3.63, 3.8) is 0 Å². The number of aromatic amines is 1. The molecule has 35 heavy (non-hydrogen) atoms. The smallest absolute Gasteiger partial charge is 0.274 e. The summed E-state index contributed by atoms with van der Waals surface area (Å²) in [7, 11) is 0. The van der Waals surface area contributed by atoms with E-state index in [1.54, 1.807) is 4.68 Å². The molecule has 0 spiro atoms. The number of benzene rings is 2. The molecule has 2 aromatic heterocycles. The van der Waals surface area contributed by atoms with Crippen molar-refractivity contribution in [3.05, 3.63) is 82.6 Å². The highest BCUT2D eigenvalue weighted by molar-refractivity contribution is 5.80. The second kappa shape index (κ2) is 10.6. The second-order valence-corrected chi connectivity index (χ2v) is 9.22. The van der Waals surface area contributed by atoms with Gasteiger partial charge in [0.2, 0.25) is 5.82 Å². The summed E-state index contributed by atoms with van der Waals surface area (Å²) < 4.78 is 3.52. The third-order valence-corrected chi connectivity index (χ3v) is 6.81. The molecule has 0 unspecified atom stereocenters. The number of hydrogen-bond donors (Lipinski definition) is 1. The molecule has 0 aliphatic heterocycles. The molecule has 2 heterocycles. The maximum atomic E-state index is 13.3. The molecule has 4 aromatic rings. The zero-order chi connectivity index (χ0) is 24.0. The lowest BCUT2D eigenvalue weighted by molar-refractivity contribution is 0.303. The van der Waals surface area contributed by atoms with Gasteiger partial charge in [0.25, 0.3) is 0 Å². The van der Waals surface area contributed by atoms with E-state index in [1.807, 2.05) is 35.8 Å². The molecule has 0 radical (unpaired) electrons. The lowest BCUT2D eigenvalue weighted by Crippen LogP contribution is -2.28. The summed E-state index contributed by atoms with van der Waals surface area (Å²) in [5.74, 6) is 1.93. The molecule has 1 N–H and O–H groups in total. The van der Waals surface area contributed by atoms with Crippen LogP contribution in [0.25, 0.3) is 22.5 Å². The summed E-state index contributed by atoms with van der Waals surface area (Å²) in [6, 6.07) is 16.3. The van der Waals surface area contributed by atoms with E-state index in [9.17, 15) is 4.79 Å². The Morgan fingerprint density at radius 3 is 2.51 bits per heavy atom. The van der Waals surface area contributed by atoms with Crippen LogP contribution in [0.5, 0.6) is 0 Å². The fourth-order valence-corrected chi connectivity index (χ4v) is 4.93. The first-order valence-electron chi connectivity index (χ1n) is 12.4. The Morgan fingerprint density at radius 1 is 1.03 bits per heavy atom. The predicted octanol–water partition coefficient (Wildman–Crippen LogP) is 4.64. The van der Waals surface area contributed by atoms with E-state index in [2.05, 4.69) is 57.0 Å². The molecule has 0 atom stereocenters. The number of tetrazole rings is 1. The van der Waals surface area contributed by atoms with Gasteiger partial charge in [-0.2, -0.15) is 10.3 Å². The Bertz CT molecular complexity index is 1330. The maximum absolute atomic E-state index is 13.3. The first kappa shape index (κ1) is 23.0. The fourth-order valence-electron chi connectivity index (χ4n) is 4.93. The highest BCUT2D eigenvalue weighted by Crippen LogP contribution is 2.30. The minimum Gasteiger partial charge on any atom is -0.274 e. The van der Waals surface area contributed by atoms with Gasteiger partial charge in [-0.1, -0.05) is 79.9 Å². The van der Waals surface area contributed by atoms with Crippen molar-refractivity contribution in [2.24, 2.45) is 5.92 Å². The zero-order valence-corrected chi connectivity index (χ0v) is 20.1. The average Bonchev–Trinajstić information content (AvgIpc) is 3.54. The standard InChI is InChI=1S/C27H31N7O/c1-2-3-13-25-30-34(19-20-9-5-4-6-10-20)27(35)33(25)18-21-14-16-22(17-15-21)23-11-7-8-12-24(23)26-28-31-32-29-26/h2-3,7-8,11-12,14-17,20H,4-6,9-10,13,18-19H2,1H3,(H,28,29,31,32)/b3-2+. The topological polar surface area (TPSA) is 94.3 Å². The summed E-state index contributed by atoms with van der Waals surface area (Å²) in [6.07, 6.45) is 10.9. The summed E-state index contributed by atoms with van der Waals surface area (Å²) in [4.78, 5) is 13.3. The van der Waals surface area contributed by atoms with Crippen LogP contribution in [0.2, 0.25) is 0 Å². The number of hydrogen-bond acceptors (Lipinski definition) is 5. The largest absolute Gasteiger partial charge is 0.346 e. The van der Waals surface area contributed by atoms with Crippen molar-refractivity contribution in [2.75, 3.05) is 0 Å². The third-order valence-electron chi connectivity index (χ3n) is 6.81. The van der Waals surface area contributed by atoms with Crippen LogP contribution in [0.15, 0.2) is 65.5 Å². The normalized spacial score (nSPS) is 14.7. The Kier molecular flexibility index (Phi) is 6.97. The van der Waals surface area contributed by atoms with E-state index in [1.165, 1.54) is 32.1 Å². The second-order valence-electron chi connectivity index (χ2n) is 9.22. The van der Waals surface area contributed by atoms with Gasteiger partial charge in [-0.3, -0.25) is 4.57 Å². The molecular weight excluding hydrogens is 438 g/mol. The molecular formula is C27H31N7O. The fraction of sp³-hybridized carbons (Fsp3) is 0.370. The van der Waals surface area contributed by atoms with Crippen molar-refractivity contribution in [1.82, 2.24) is 35.0 Å². The highest BCUT2D eigenvalue weighted by Gasteiger charge is 2.19. The minimum atomic E-state index is -0.0124. The summed E-state index contributed by atoms with van der Waals surface area (Å²) in [5, 5.41) is 19.2. The van der Waals surface area contributed by atoms with Crippen molar-refractivity contribution in [2.45, 2.75) is 58.5 Å². The van der Waals surface area contributed by atoms with E-state index >= 15 is 0 Å². The van der Waals surface area contributed by atoms with Gasteiger partial charge in [-0.25, -0.2) is 9.48 Å². The molecule has 2 aromatic carbocycles. The number of H-pyrrole nitrogens is 1. The van der Waals surface area contributed by atoms with E-state index in [4.69, 9.17) is 5.10 Å². The van der Waals surface area contributed by atoms with E-state index in [-0.39, 0.29) is 5.69 Å². The van der Waals surface area contributed by atoms with Gasteiger partial charge in [0.05, 0.1) is 6.54 Å². The molecule has 1 fully saturated rings. The average molecular weight is 470 g/mol. The zero-order valence-electron chi connectivity index (χ0n) is 20.1. The lowest BCUT2D eigenvalue weighted by Gasteiger charge is -2.20. The van der Waals surface area contributed by atoms with Crippen LogP contribution in [0.1, 0.15) is 50.4 Å². The quantitative estimate of drug-likeness (QED) is 0.380. The number of aromatic nitrogens is 7. The minimum absolute atomic E-state index is 0.0124. The molecule has 0 saturated heterocycles. The van der Waals surface area contributed by atoms with Gasteiger partial charge in [-0.15, -0.1) is 10.2 Å². The third kappa shape index (κ3) is 5.16. The predicted molar refractivity (Wildman–Crippen MR) is 136 cm³/mol. The number of nitrogens with zero attached hydrogens (tertiary/aromatic N) is 6. The molecule has 180 valence electrons. The van der Waals surface area contributed by atoms with Crippen LogP contribution in [0.3, 0.4) is 0 Å². The lowest BCUT2D eigenvalue weighted by atomic mass is 9.89. The van der Waals surface area contributed by atoms with Gasteiger partial charge in [0.1, 0.15) is 5.82 Å². The Labute approximate surface area is 204 Å². The Hall–Kier alpha value is -3.81. The summed E-state index contributed by atoms with van der Waals surface area (Å²) >= 11 is 0. The maximum Gasteiger partial charge on any atom is 0.346 e. The number of allylic oxidation sites excluding steroid dienone is 2. The summed E-state index contributed by atoms with van der Waals surface area (Å²) in [5.41, 5.74) is 4.06. The van der Waals surface area contributed by atoms with Gasteiger partial charge < -0.3 is 0 Å². The Balaban J connectivity index is 1.40. The monoisotopic (exact) mass is 469 g/mol. The summed E-state index contributed by atoms with van der Waals surface area (Å²) in [6.45, 7) is 3.22. The van der Waals surface area contributed by atoms with Gasteiger partial charge in [0.15, 0.2) is 0 Å². The van der Waals surface area contributed by atoms with Crippen molar-refractivity contribution in [1.29, 1.82) is 0 Å². The van der Waals surface area contributed by atoms with Gasteiger partial charge in [-0.05, 0) is 47.6 Å². The molecule has 0 bridgehead atoms. The molecule has 8 nitrogen and oxygen atoms in total. The molecule has 1 aliphatic carbocycles. The van der Waals surface area contributed by atoms with Gasteiger partial charge in [0, 0.05) is 18.5 Å². The van der Waals surface area contributed by atoms with Crippen molar-refractivity contribution < 1.29 is 0 Å². The SMILES string of the molecule is C/C=C/Cc1nn(CC2CCCCC2)c(=O)n1Cc1ccc(-c2ccccc2-c2nn[nH]n2)cc1. The van der Waals surface area contributed by atoms with E-state index < -0.39 is 0 Å². The highest BCUT2D eigenvalue weighted by atomic mass is 16.2. The van der Waals surface area contributed by atoms with Gasteiger partial charge >= 0.3 is 5.69 Å². The van der Waals surface area contributed by atoms with Crippen LogP contribution >= 0.6 is 0 Å². The van der Waals surface area contributed by atoms with Crippen molar-refractivity contribution >= 4 is 0 Å². The molecule has 1 saturated carbocycles. The van der Waals surface area contributed by atoms with E-state index in [0.29, 0.717) is 24.7 Å².